The van der Waals surface area contributed by atoms with Crippen molar-refractivity contribution in [2.45, 2.75) is 0 Å². The van der Waals surface area contributed by atoms with Crippen LogP contribution in [0.4, 0.5) is 17.5 Å². The summed E-state index contributed by atoms with van der Waals surface area (Å²) in [6.45, 7) is 2.46. The number of nitrogens with one attached hydrogen (secondary N) is 1. The second-order valence-electron chi connectivity index (χ2n) is 6.00. The highest BCUT2D eigenvalue weighted by Gasteiger charge is 2.24. The Balaban J connectivity index is 1.41. The third kappa shape index (κ3) is 3.85. The van der Waals surface area contributed by atoms with Gasteiger partial charge in [-0.1, -0.05) is 23.7 Å². The maximum absolute atomic E-state index is 12.3. The van der Waals surface area contributed by atoms with Crippen LogP contribution < -0.4 is 10.2 Å². The number of benzene rings is 1. The van der Waals surface area contributed by atoms with Crippen molar-refractivity contribution >= 4 is 35.0 Å². The van der Waals surface area contributed by atoms with Crippen molar-refractivity contribution in [1.29, 1.82) is 0 Å². The Morgan fingerprint density at radius 2 is 1.93 bits per heavy atom. The fraction of sp³-hybridized carbons (Fsp3) is 0.222. The highest BCUT2D eigenvalue weighted by Crippen LogP contribution is 2.24. The summed E-state index contributed by atoms with van der Waals surface area (Å²) in [5, 5.41) is 11.7. The fourth-order valence-corrected chi connectivity index (χ4v) is 3.06. The number of nitrogens with zero attached hydrogens (tertiary/aromatic N) is 5. The summed E-state index contributed by atoms with van der Waals surface area (Å²) in [6, 6.07) is 10.8. The van der Waals surface area contributed by atoms with Crippen molar-refractivity contribution in [3.8, 4) is 0 Å². The number of para-hydroxylation sites is 1. The van der Waals surface area contributed by atoms with Gasteiger partial charge in [-0.05, 0) is 24.3 Å². The van der Waals surface area contributed by atoms with Crippen LogP contribution >= 0.6 is 11.6 Å². The molecule has 2 aromatic heterocycles. The fourth-order valence-electron chi connectivity index (χ4n) is 2.88. The van der Waals surface area contributed by atoms with Crippen LogP contribution in [0, 0.1) is 0 Å². The number of aromatic nitrogens is 3. The first-order valence-corrected chi connectivity index (χ1v) is 8.87. The van der Waals surface area contributed by atoms with Gasteiger partial charge in [-0.15, -0.1) is 5.10 Å². The van der Waals surface area contributed by atoms with Crippen LogP contribution in [0.15, 0.2) is 53.3 Å². The van der Waals surface area contributed by atoms with Gasteiger partial charge in [0, 0.05) is 26.2 Å². The maximum atomic E-state index is 12.3. The number of amides is 1. The van der Waals surface area contributed by atoms with E-state index in [1.807, 2.05) is 18.2 Å². The predicted octanol–water partition coefficient (Wildman–Crippen LogP) is 2.82. The number of carbonyl (C=O) groups is 1. The van der Waals surface area contributed by atoms with Gasteiger partial charge in [-0.25, -0.2) is 0 Å². The number of carbonyl (C=O) groups excluding carboxylic acids is 1. The van der Waals surface area contributed by atoms with Crippen molar-refractivity contribution < 1.29 is 9.21 Å². The van der Waals surface area contributed by atoms with Gasteiger partial charge in [0.05, 0.1) is 23.2 Å². The van der Waals surface area contributed by atoms with E-state index in [4.69, 9.17) is 16.0 Å². The molecule has 0 spiro atoms. The van der Waals surface area contributed by atoms with Gasteiger partial charge in [0.1, 0.15) is 0 Å². The normalized spacial score (nSPS) is 14.3. The zero-order chi connectivity index (χ0) is 18.6. The van der Waals surface area contributed by atoms with Crippen molar-refractivity contribution in [3.63, 3.8) is 0 Å². The lowest BCUT2D eigenvalue weighted by Crippen LogP contribution is -2.49. The molecule has 1 N–H and O–H groups in total. The van der Waals surface area contributed by atoms with Gasteiger partial charge >= 0.3 is 0 Å². The van der Waals surface area contributed by atoms with Gasteiger partial charge in [-0.3, -0.25) is 4.79 Å². The van der Waals surface area contributed by atoms with Gasteiger partial charge in [0.2, 0.25) is 5.95 Å². The zero-order valence-corrected chi connectivity index (χ0v) is 15.1. The molecule has 0 saturated carbocycles. The molecule has 1 aliphatic rings. The highest BCUT2D eigenvalue weighted by molar-refractivity contribution is 6.33. The summed E-state index contributed by atoms with van der Waals surface area (Å²) in [4.78, 5) is 20.7. The average Bonchev–Trinajstić information content (AvgIpc) is 3.24. The Morgan fingerprint density at radius 3 is 2.67 bits per heavy atom. The van der Waals surface area contributed by atoms with Crippen LogP contribution in [0.1, 0.15) is 10.6 Å². The van der Waals surface area contributed by atoms with Crippen LogP contribution in [0.5, 0.6) is 0 Å². The molecule has 3 aromatic rings. The molecular weight excluding hydrogens is 368 g/mol. The van der Waals surface area contributed by atoms with Crippen LogP contribution in [0.3, 0.4) is 0 Å². The van der Waals surface area contributed by atoms with Crippen molar-refractivity contribution in [3.05, 3.63) is 59.6 Å². The van der Waals surface area contributed by atoms with E-state index < -0.39 is 0 Å². The second-order valence-corrected chi connectivity index (χ2v) is 6.41. The third-order valence-corrected chi connectivity index (χ3v) is 4.62. The van der Waals surface area contributed by atoms with Crippen molar-refractivity contribution in [1.82, 2.24) is 20.1 Å². The first-order valence-electron chi connectivity index (χ1n) is 8.50. The van der Waals surface area contributed by atoms with E-state index >= 15 is 0 Å². The molecule has 0 aliphatic carbocycles. The Morgan fingerprint density at radius 1 is 1.11 bits per heavy atom. The molecule has 3 heterocycles. The van der Waals surface area contributed by atoms with Crippen LogP contribution in [-0.2, 0) is 0 Å². The molecule has 1 fully saturated rings. The Labute approximate surface area is 160 Å². The van der Waals surface area contributed by atoms with Crippen LogP contribution in [0.25, 0.3) is 0 Å². The van der Waals surface area contributed by atoms with E-state index in [-0.39, 0.29) is 5.91 Å². The Bertz CT molecular complexity index is 925. The van der Waals surface area contributed by atoms with E-state index in [1.54, 1.807) is 29.3 Å². The van der Waals surface area contributed by atoms with E-state index in [0.29, 0.717) is 54.4 Å². The number of hydrogen-bond acceptors (Lipinski definition) is 7. The topological polar surface area (TPSA) is 87.4 Å². The number of rotatable bonds is 4. The lowest BCUT2D eigenvalue weighted by molar-refractivity contribution is 0.0714. The molecule has 0 unspecified atom stereocenters. The van der Waals surface area contributed by atoms with E-state index in [2.05, 4.69) is 25.4 Å². The minimum absolute atomic E-state index is 0.0958. The quantitative estimate of drug-likeness (QED) is 0.739. The zero-order valence-electron chi connectivity index (χ0n) is 14.4. The number of furan rings is 1. The number of hydrogen-bond donors (Lipinski definition) is 1. The molecule has 1 aliphatic heterocycles. The first-order chi connectivity index (χ1) is 13.2. The summed E-state index contributed by atoms with van der Waals surface area (Å²) >= 11 is 6.16. The lowest BCUT2D eigenvalue weighted by atomic mass is 10.3. The van der Waals surface area contributed by atoms with Gasteiger partial charge in [-0.2, -0.15) is 10.1 Å². The number of halogens is 1. The largest absolute Gasteiger partial charge is 0.459 e. The average molecular weight is 385 g/mol. The molecule has 1 aromatic carbocycles. The van der Waals surface area contributed by atoms with Crippen molar-refractivity contribution in [2.24, 2.45) is 0 Å². The second kappa shape index (κ2) is 7.63. The lowest BCUT2D eigenvalue weighted by Gasteiger charge is -2.34. The molecular formula is C18H17ClN6O2. The van der Waals surface area contributed by atoms with Gasteiger partial charge in [0.15, 0.2) is 11.6 Å². The molecule has 0 radical (unpaired) electrons. The molecule has 27 heavy (non-hydrogen) atoms. The molecule has 0 atom stereocenters. The predicted molar refractivity (Wildman–Crippen MR) is 101 cm³/mol. The Kier molecular flexibility index (Phi) is 4.88. The van der Waals surface area contributed by atoms with Gasteiger partial charge in [0.25, 0.3) is 5.91 Å². The molecule has 138 valence electrons. The first kappa shape index (κ1) is 17.3. The molecule has 4 rings (SSSR count). The van der Waals surface area contributed by atoms with E-state index in [1.165, 1.54) is 6.26 Å². The van der Waals surface area contributed by atoms with E-state index in [9.17, 15) is 4.79 Å². The van der Waals surface area contributed by atoms with E-state index in [0.717, 1.165) is 0 Å². The summed E-state index contributed by atoms with van der Waals surface area (Å²) in [5.74, 6) is 1.33. The molecule has 8 nitrogen and oxygen atoms in total. The Hall–Kier alpha value is -3.13. The summed E-state index contributed by atoms with van der Waals surface area (Å²) < 4.78 is 5.19. The summed E-state index contributed by atoms with van der Waals surface area (Å²) in [7, 11) is 0. The number of piperazine rings is 1. The molecule has 0 bridgehead atoms. The summed E-state index contributed by atoms with van der Waals surface area (Å²) in [6.07, 6.45) is 3.12. The van der Waals surface area contributed by atoms with Crippen molar-refractivity contribution in [2.75, 3.05) is 36.4 Å². The summed E-state index contributed by atoms with van der Waals surface area (Å²) in [5.41, 5.74) is 0.715. The number of anilines is 3. The SMILES string of the molecule is O=C(c1ccco1)N1CCN(c2cnnc(Nc3ccccc3Cl)n2)CC1. The molecule has 1 saturated heterocycles. The van der Waals surface area contributed by atoms with Crippen LogP contribution in [0.2, 0.25) is 5.02 Å². The molecule has 1 amide bonds. The minimum Gasteiger partial charge on any atom is -0.459 e. The maximum Gasteiger partial charge on any atom is 0.289 e. The third-order valence-electron chi connectivity index (χ3n) is 4.29. The monoisotopic (exact) mass is 384 g/mol. The highest BCUT2D eigenvalue weighted by atomic mass is 35.5. The smallest absolute Gasteiger partial charge is 0.289 e. The minimum atomic E-state index is -0.0958. The van der Waals surface area contributed by atoms with Gasteiger partial charge < -0.3 is 19.5 Å². The van der Waals surface area contributed by atoms with Crippen LogP contribution in [-0.4, -0.2) is 52.2 Å². The molecule has 9 heteroatoms. The standard InChI is InChI=1S/C18H17ClN6O2/c19-13-4-1-2-5-14(13)21-18-22-16(12-20-23-18)24-7-9-25(10-8-24)17(26)15-6-3-11-27-15/h1-6,11-12H,7-10H2,(H,21,22,23).